The number of aryl methyl sites for hydroxylation is 1. The van der Waals surface area contributed by atoms with Crippen molar-refractivity contribution in [2.24, 2.45) is 16.8 Å². The van der Waals surface area contributed by atoms with Crippen LogP contribution in [0.4, 0.5) is 0 Å². The lowest BCUT2D eigenvalue weighted by atomic mass is 10.2. The summed E-state index contributed by atoms with van der Waals surface area (Å²) in [5, 5.41) is 0. The van der Waals surface area contributed by atoms with Crippen molar-refractivity contribution in [3.8, 4) is 0 Å². The number of esters is 1. The highest BCUT2D eigenvalue weighted by atomic mass is 32.2. The Morgan fingerprint density at radius 3 is 2.19 bits per heavy atom. The SMILES string of the molecule is COC(=O)Cn1c(=NC(=O)c2ccc(S(=O)(=O)N(CC(C)C)CC(C)C)cc2)sc2cc(C)ccc21. The van der Waals surface area contributed by atoms with Crippen molar-refractivity contribution >= 4 is 43.5 Å². The van der Waals surface area contributed by atoms with Gasteiger partial charge in [0.2, 0.25) is 10.0 Å². The zero-order valence-electron chi connectivity index (χ0n) is 21.5. The lowest BCUT2D eigenvalue weighted by molar-refractivity contribution is -0.141. The fourth-order valence-corrected chi connectivity index (χ4v) is 6.66. The molecule has 8 nitrogen and oxygen atoms in total. The third-order valence-electron chi connectivity index (χ3n) is 5.43. The maximum Gasteiger partial charge on any atom is 0.325 e. The van der Waals surface area contributed by atoms with E-state index in [9.17, 15) is 18.0 Å². The van der Waals surface area contributed by atoms with Gasteiger partial charge in [0, 0.05) is 18.7 Å². The minimum absolute atomic E-state index is 0.0790. The van der Waals surface area contributed by atoms with E-state index in [2.05, 4.69) is 4.99 Å². The van der Waals surface area contributed by atoms with Crippen LogP contribution in [0.1, 0.15) is 43.6 Å². The Morgan fingerprint density at radius 1 is 1.03 bits per heavy atom. The van der Waals surface area contributed by atoms with Crippen molar-refractivity contribution in [2.45, 2.75) is 46.1 Å². The molecular weight excluding hydrogens is 498 g/mol. The second kappa shape index (κ2) is 11.5. The zero-order chi connectivity index (χ0) is 26.6. The molecule has 1 heterocycles. The minimum atomic E-state index is -3.70. The molecule has 0 saturated carbocycles. The molecule has 3 rings (SSSR count). The second-order valence-electron chi connectivity index (χ2n) is 9.57. The number of aromatic nitrogens is 1. The van der Waals surface area contributed by atoms with Crippen molar-refractivity contribution in [2.75, 3.05) is 20.2 Å². The number of hydrogen-bond acceptors (Lipinski definition) is 6. The van der Waals surface area contributed by atoms with Crippen LogP contribution in [0.2, 0.25) is 0 Å². The summed E-state index contributed by atoms with van der Waals surface area (Å²) < 4.78 is 35.4. The summed E-state index contributed by atoms with van der Waals surface area (Å²) in [4.78, 5) is 29.8. The lowest BCUT2D eigenvalue weighted by Crippen LogP contribution is -2.37. The monoisotopic (exact) mass is 531 g/mol. The van der Waals surface area contributed by atoms with E-state index in [1.807, 2.05) is 52.8 Å². The summed E-state index contributed by atoms with van der Waals surface area (Å²) in [6.07, 6.45) is 0. The predicted molar refractivity (Wildman–Crippen MR) is 141 cm³/mol. The Balaban J connectivity index is 1.96. The molecular formula is C26H33N3O5S2. The minimum Gasteiger partial charge on any atom is -0.468 e. The number of rotatable bonds is 9. The number of carbonyl (C=O) groups excluding carboxylic acids is 2. The summed E-state index contributed by atoms with van der Waals surface area (Å²) >= 11 is 1.30. The van der Waals surface area contributed by atoms with Gasteiger partial charge in [-0.05, 0) is 60.7 Å². The van der Waals surface area contributed by atoms with Gasteiger partial charge in [-0.3, -0.25) is 9.59 Å². The number of carbonyl (C=O) groups is 2. The predicted octanol–water partition coefficient (Wildman–Crippen LogP) is 4.23. The maximum absolute atomic E-state index is 13.3. The van der Waals surface area contributed by atoms with Gasteiger partial charge in [0.15, 0.2) is 4.80 Å². The average Bonchev–Trinajstić information content (AvgIpc) is 3.13. The molecule has 3 aromatic rings. The molecule has 1 aromatic heterocycles. The summed E-state index contributed by atoms with van der Waals surface area (Å²) in [5.41, 5.74) is 2.08. The summed E-state index contributed by atoms with van der Waals surface area (Å²) in [5.74, 6) is -0.618. The quantitative estimate of drug-likeness (QED) is 0.385. The van der Waals surface area contributed by atoms with Gasteiger partial charge in [-0.2, -0.15) is 9.30 Å². The first-order valence-electron chi connectivity index (χ1n) is 11.8. The number of amides is 1. The largest absolute Gasteiger partial charge is 0.468 e. The van der Waals surface area contributed by atoms with Crippen molar-refractivity contribution in [1.82, 2.24) is 8.87 Å². The van der Waals surface area contributed by atoms with Gasteiger partial charge in [-0.15, -0.1) is 0 Å². The van der Waals surface area contributed by atoms with Crippen molar-refractivity contribution in [3.05, 3.63) is 58.4 Å². The Bertz CT molecular complexity index is 1410. The molecule has 1 amide bonds. The zero-order valence-corrected chi connectivity index (χ0v) is 23.1. The molecule has 10 heteroatoms. The molecule has 0 N–H and O–H groups in total. The highest BCUT2D eigenvalue weighted by Crippen LogP contribution is 2.21. The molecule has 0 fully saturated rings. The number of fused-ring (bicyclic) bond motifs is 1. The molecule has 2 aromatic carbocycles. The van der Waals surface area contributed by atoms with Crippen molar-refractivity contribution in [3.63, 3.8) is 0 Å². The topological polar surface area (TPSA) is 98.0 Å². The second-order valence-corrected chi connectivity index (χ2v) is 12.5. The first kappa shape index (κ1) is 27.8. The van der Waals surface area contributed by atoms with Crippen LogP contribution in [-0.2, 0) is 26.1 Å². The van der Waals surface area contributed by atoms with Gasteiger partial charge >= 0.3 is 5.97 Å². The van der Waals surface area contributed by atoms with Crippen LogP contribution in [0.15, 0.2) is 52.4 Å². The Labute approximate surface area is 216 Å². The number of nitrogens with zero attached hydrogens (tertiary/aromatic N) is 3. The normalized spacial score (nSPS) is 12.8. The molecule has 0 radical (unpaired) electrons. The molecule has 194 valence electrons. The van der Waals surface area contributed by atoms with Crippen LogP contribution in [0.3, 0.4) is 0 Å². The van der Waals surface area contributed by atoms with Gasteiger partial charge in [0.1, 0.15) is 6.54 Å². The van der Waals surface area contributed by atoms with Gasteiger partial charge in [-0.25, -0.2) is 8.42 Å². The highest BCUT2D eigenvalue weighted by molar-refractivity contribution is 7.89. The van der Waals surface area contributed by atoms with E-state index in [1.54, 1.807) is 4.57 Å². The van der Waals surface area contributed by atoms with Crippen LogP contribution in [0, 0.1) is 18.8 Å². The standard InChI is InChI=1S/C26H33N3O5S2/c1-17(2)14-28(15-18(3)4)36(32,33)21-10-8-20(9-11-21)25(31)27-26-29(16-24(30)34-6)22-12-7-19(5)13-23(22)35-26/h7-13,17-18H,14-16H2,1-6H3. The fourth-order valence-electron chi connectivity index (χ4n) is 3.77. The van der Waals surface area contributed by atoms with E-state index in [4.69, 9.17) is 4.74 Å². The molecule has 0 saturated heterocycles. The molecule has 0 atom stereocenters. The molecule has 0 aliphatic rings. The van der Waals surface area contributed by atoms with Crippen LogP contribution < -0.4 is 4.80 Å². The number of methoxy groups -OCH3 is 1. The van der Waals surface area contributed by atoms with Crippen molar-refractivity contribution in [1.29, 1.82) is 0 Å². The smallest absolute Gasteiger partial charge is 0.325 e. The van der Waals surface area contributed by atoms with Gasteiger partial charge in [-0.1, -0.05) is 45.1 Å². The summed E-state index contributed by atoms with van der Waals surface area (Å²) in [7, 11) is -2.39. The molecule has 0 spiro atoms. The number of ether oxygens (including phenoxy) is 1. The lowest BCUT2D eigenvalue weighted by Gasteiger charge is -2.25. The molecule has 0 unspecified atom stereocenters. The third kappa shape index (κ3) is 6.48. The number of hydrogen-bond donors (Lipinski definition) is 0. The Hall–Kier alpha value is -2.82. The average molecular weight is 532 g/mol. The fraction of sp³-hybridized carbons (Fsp3) is 0.423. The van der Waals surface area contributed by atoms with Gasteiger partial charge in [0.25, 0.3) is 5.91 Å². The molecule has 0 bridgehead atoms. The van der Waals surface area contributed by atoms with E-state index in [1.165, 1.54) is 47.0 Å². The molecule has 36 heavy (non-hydrogen) atoms. The first-order chi connectivity index (χ1) is 16.9. The van der Waals surface area contributed by atoms with Gasteiger partial charge < -0.3 is 9.30 Å². The van der Waals surface area contributed by atoms with E-state index in [0.29, 0.717) is 17.9 Å². The highest BCUT2D eigenvalue weighted by Gasteiger charge is 2.26. The van der Waals surface area contributed by atoms with E-state index in [-0.39, 0.29) is 28.8 Å². The number of benzene rings is 2. The maximum atomic E-state index is 13.3. The number of thiazole rings is 1. The molecule has 0 aliphatic carbocycles. The Morgan fingerprint density at radius 2 is 1.64 bits per heavy atom. The van der Waals surface area contributed by atoms with Gasteiger partial charge in [0.05, 0.1) is 22.2 Å². The number of sulfonamides is 1. The first-order valence-corrected chi connectivity index (χ1v) is 14.0. The van der Waals surface area contributed by atoms with Crippen LogP contribution in [0.25, 0.3) is 10.2 Å². The van der Waals surface area contributed by atoms with E-state index < -0.39 is 21.9 Å². The Kier molecular flexibility index (Phi) is 8.86. The third-order valence-corrected chi connectivity index (χ3v) is 8.31. The van der Waals surface area contributed by atoms with Crippen molar-refractivity contribution < 1.29 is 22.7 Å². The van der Waals surface area contributed by atoms with Crippen LogP contribution in [0.5, 0.6) is 0 Å². The summed E-state index contributed by atoms with van der Waals surface area (Å²) in [6, 6.07) is 11.6. The summed E-state index contributed by atoms with van der Waals surface area (Å²) in [6.45, 7) is 10.6. The van der Waals surface area contributed by atoms with E-state index >= 15 is 0 Å². The van der Waals surface area contributed by atoms with E-state index in [0.717, 1.165) is 15.8 Å². The van der Waals surface area contributed by atoms with Crippen LogP contribution in [-0.4, -0.2) is 49.4 Å². The van der Waals surface area contributed by atoms with Crippen LogP contribution >= 0.6 is 11.3 Å². The molecule has 0 aliphatic heterocycles.